The fourth-order valence-corrected chi connectivity index (χ4v) is 9.70. The lowest BCUT2D eigenvalue weighted by Crippen LogP contribution is -2.71. The Morgan fingerprint density at radius 1 is 0.394 bits per heavy atom. The number of esters is 1. The Labute approximate surface area is 411 Å². The second kappa shape index (κ2) is 25.0. The molecule has 0 spiro atoms. The van der Waals surface area contributed by atoms with Gasteiger partial charge in [-0.3, -0.25) is 28.8 Å². The van der Waals surface area contributed by atoms with E-state index in [0.29, 0.717) is 0 Å². The van der Waals surface area contributed by atoms with Crippen molar-refractivity contribution in [3.63, 3.8) is 0 Å². The zero-order valence-corrected chi connectivity index (χ0v) is 42.2. The van der Waals surface area contributed by atoms with Gasteiger partial charge in [0.05, 0.1) is 36.6 Å². The van der Waals surface area contributed by atoms with Crippen LogP contribution >= 0.6 is 0 Å². The van der Waals surface area contributed by atoms with Crippen LogP contribution in [-0.2, 0) is 85.6 Å². The minimum Gasteiger partial charge on any atom is -0.457 e. The molecule has 5 heterocycles. The molecule has 5 fully saturated rings. The Bertz CT molecular complexity index is 1860. The Morgan fingerprint density at radius 2 is 0.676 bits per heavy atom. The number of amides is 5. The molecule has 406 valence electrons. The minimum absolute atomic E-state index is 0.436. The van der Waals surface area contributed by atoms with Crippen molar-refractivity contribution in [1.82, 2.24) is 26.6 Å². The molecule has 0 bridgehead atoms. The summed E-state index contributed by atoms with van der Waals surface area (Å²) in [5.74, 6) is -3.35. The summed E-state index contributed by atoms with van der Waals surface area (Å²) in [5.41, 5.74) is 6.52. The van der Waals surface area contributed by atoms with E-state index in [0.717, 1.165) is 0 Å². The number of methoxy groups -OCH3 is 2. The summed E-state index contributed by atoms with van der Waals surface area (Å²) in [5, 5.41) is 49.3. The molecule has 27 nitrogen and oxygen atoms in total. The Morgan fingerprint density at radius 3 is 0.986 bits per heavy atom. The number of aliphatic hydroxyl groups is 3. The van der Waals surface area contributed by atoms with Crippen LogP contribution in [0.25, 0.3) is 0 Å². The minimum atomic E-state index is -1.65. The highest BCUT2D eigenvalue weighted by Crippen LogP contribution is 2.36. The van der Waals surface area contributed by atoms with Gasteiger partial charge in [0.15, 0.2) is 37.6 Å². The largest absolute Gasteiger partial charge is 0.457 e. The molecule has 5 amide bonds. The van der Waals surface area contributed by atoms with Crippen molar-refractivity contribution >= 4 is 35.5 Å². The van der Waals surface area contributed by atoms with Crippen molar-refractivity contribution < 1.29 is 101 Å². The maximum Gasteiger partial charge on any atom is 0.303 e. The molecule has 5 aliphatic heterocycles. The number of nitrogens with one attached hydrogen (secondary N) is 5. The third-order valence-electron chi connectivity index (χ3n) is 12.9. The van der Waals surface area contributed by atoms with Crippen molar-refractivity contribution in [3.05, 3.63) is 0 Å². The van der Waals surface area contributed by atoms with Crippen LogP contribution in [0.15, 0.2) is 0 Å². The molecular formula is C44H74N6O21. The zero-order chi connectivity index (χ0) is 52.9. The van der Waals surface area contributed by atoms with Crippen LogP contribution in [0.3, 0.4) is 0 Å². The van der Waals surface area contributed by atoms with E-state index in [1.165, 1.54) is 62.7 Å². The Kier molecular flexibility index (Phi) is 20.4. The predicted molar refractivity (Wildman–Crippen MR) is 239 cm³/mol. The molecular weight excluding hydrogens is 949 g/mol. The van der Waals surface area contributed by atoms with Crippen LogP contribution in [-0.4, -0.2) is 218 Å². The summed E-state index contributed by atoms with van der Waals surface area (Å²) in [6.45, 7) is 15.3. The molecule has 10 N–H and O–H groups in total. The molecule has 0 aromatic heterocycles. The highest BCUT2D eigenvalue weighted by Gasteiger charge is 2.56. The van der Waals surface area contributed by atoms with Gasteiger partial charge in [0, 0.05) is 55.8 Å². The van der Waals surface area contributed by atoms with Crippen molar-refractivity contribution in [2.45, 2.75) is 229 Å². The first-order valence-electron chi connectivity index (χ1n) is 23.5. The van der Waals surface area contributed by atoms with Crippen LogP contribution < -0.4 is 32.3 Å². The Hall–Kier alpha value is -3.78. The second-order valence-corrected chi connectivity index (χ2v) is 18.6. The highest BCUT2D eigenvalue weighted by atomic mass is 16.8. The lowest BCUT2D eigenvalue weighted by Gasteiger charge is -2.51. The SMILES string of the molecule is CO[C@@H]1O[C@H](C)[C@@H](N)[C@H](O[C@@H]2O[C@@H](C)[C@@H](O[C@@H]3O[C@@H](C)[C@@H](O[C@@H]4O[C@@H](C)[C@@H](O[C@@H]5O[C@@H](C)[C@@H](OC(C)=O)[C@@H](OC)[C@H]5NC(C)=O)[C@@H](O)[C@@H]4NC(C)=O)[C@@H](O)[C@@H]3NC(C)=O)[C@@H](O)[C@@H]2NC(C)=O)[C@H]1NC(C)=O. The lowest BCUT2D eigenvalue weighted by atomic mass is 9.93. The maximum absolute atomic E-state index is 12.7. The van der Waals surface area contributed by atoms with Crippen LogP contribution in [0.4, 0.5) is 0 Å². The number of rotatable bonds is 16. The fourth-order valence-electron chi connectivity index (χ4n) is 9.70. The molecule has 0 aromatic rings. The number of hydrogen-bond acceptors (Lipinski definition) is 22. The average Bonchev–Trinajstić information content (AvgIpc) is 3.26. The summed E-state index contributed by atoms with van der Waals surface area (Å²) in [6.07, 6.45) is -23.0. The molecule has 25 atom stereocenters. The van der Waals surface area contributed by atoms with Gasteiger partial charge >= 0.3 is 5.97 Å². The summed E-state index contributed by atoms with van der Waals surface area (Å²) >= 11 is 0. The van der Waals surface area contributed by atoms with Crippen molar-refractivity contribution in [2.75, 3.05) is 14.2 Å². The van der Waals surface area contributed by atoms with Gasteiger partial charge in [-0.05, 0) is 34.6 Å². The van der Waals surface area contributed by atoms with Gasteiger partial charge in [0.1, 0.15) is 79.0 Å². The van der Waals surface area contributed by atoms with E-state index < -0.39 is 189 Å². The van der Waals surface area contributed by atoms with E-state index in [-0.39, 0.29) is 0 Å². The fraction of sp³-hybridized carbons (Fsp3) is 0.864. The summed E-state index contributed by atoms with van der Waals surface area (Å²) in [4.78, 5) is 74.6. The molecule has 0 aliphatic carbocycles. The number of ether oxygens (including phenoxy) is 12. The molecule has 5 saturated heterocycles. The smallest absolute Gasteiger partial charge is 0.303 e. The van der Waals surface area contributed by atoms with Crippen LogP contribution in [0, 0.1) is 0 Å². The first kappa shape index (κ1) is 58.1. The first-order chi connectivity index (χ1) is 33.3. The molecule has 27 heteroatoms. The van der Waals surface area contributed by atoms with E-state index in [4.69, 9.17) is 62.6 Å². The predicted octanol–water partition coefficient (Wildman–Crippen LogP) is -4.22. The van der Waals surface area contributed by atoms with Gasteiger partial charge in [-0.25, -0.2) is 0 Å². The molecule has 5 aliphatic rings. The first-order valence-corrected chi connectivity index (χ1v) is 23.5. The normalized spacial score (nSPS) is 43.8. The molecule has 0 saturated carbocycles. The summed E-state index contributed by atoms with van der Waals surface area (Å²) in [6, 6.07) is -6.96. The molecule has 5 rings (SSSR count). The van der Waals surface area contributed by atoms with Crippen molar-refractivity contribution in [2.24, 2.45) is 5.73 Å². The van der Waals surface area contributed by atoms with E-state index in [2.05, 4.69) is 26.6 Å². The van der Waals surface area contributed by atoms with Gasteiger partial charge in [-0.15, -0.1) is 0 Å². The molecule has 0 aromatic carbocycles. The Balaban J connectivity index is 1.35. The average molecular weight is 1020 g/mol. The monoisotopic (exact) mass is 1020 g/mol. The van der Waals surface area contributed by atoms with Gasteiger partial charge in [-0.1, -0.05) is 0 Å². The zero-order valence-electron chi connectivity index (χ0n) is 42.2. The summed E-state index contributed by atoms with van der Waals surface area (Å²) < 4.78 is 72.8. The number of carbonyl (C=O) groups excluding carboxylic acids is 6. The standard InChI is InChI=1S/C44H74N6O21/c1-14-25(45)38(29(49-22(9)54)40(61-13)62-14)71-43-28(48-21(8)53)33(59)35(16(3)65-43)69-41-26(46-19(6)51)31(57)34(15(2)63-41)68-42-27(47-20(7)52)32(58)36(17(4)64-42)70-44-30(50-23(10)55)39(60-12)37(18(5)66-44)67-24(11)56/h14-18,25-44,57-59H,45H2,1-13H3,(H,46,51)(H,47,52)(H,48,53)(H,49,54)(H,50,55)/t14-,15+,16+,17+,18+,25-,26+,27+,28+,29-,30-,31+,32+,33+,34-,35-,36-,37-,38+,39+,40-,41+,42+,43+,44+/m1/s1. The van der Waals surface area contributed by atoms with E-state index in [1.54, 1.807) is 27.7 Å². The molecule has 0 radical (unpaired) electrons. The second-order valence-electron chi connectivity index (χ2n) is 18.6. The number of nitrogens with two attached hydrogens (primary N) is 1. The van der Waals surface area contributed by atoms with Crippen LogP contribution in [0.5, 0.6) is 0 Å². The molecule has 71 heavy (non-hydrogen) atoms. The van der Waals surface area contributed by atoms with E-state index in [1.807, 2.05) is 0 Å². The van der Waals surface area contributed by atoms with E-state index >= 15 is 0 Å². The van der Waals surface area contributed by atoms with Crippen molar-refractivity contribution in [3.8, 4) is 0 Å². The number of hydrogen-bond donors (Lipinski definition) is 9. The highest BCUT2D eigenvalue weighted by molar-refractivity contribution is 5.75. The quantitative estimate of drug-likeness (QED) is 0.0662. The number of carbonyl (C=O) groups is 6. The maximum atomic E-state index is 12.7. The van der Waals surface area contributed by atoms with Gasteiger partial charge in [0.2, 0.25) is 29.5 Å². The third kappa shape index (κ3) is 13.9. The van der Waals surface area contributed by atoms with Crippen LogP contribution in [0.1, 0.15) is 76.2 Å². The number of aliphatic hydroxyl groups excluding tert-OH is 3. The van der Waals surface area contributed by atoms with Gasteiger partial charge < -0.3 is 104 Å². The summed E-state index contributed by atoms with van der Waals surface area (Å²) in [7, 11) is 2.74. The van der Waals surface area contributed by atoms with Crippen LogP contribution in [0.2, 0.25) is 0 Å². The van der Waals surface area contributed by atoms with Crippen molar-refractivity contribution in [1.29, 1.82) is 0 Å². The van der Waals surface area contributed by atoms with Gasteiger partial charge in [-0.2, -0.15) is 0 Å². The van der Waals surface area contributed by atoms with Gasteiger partial charge in [0.25, 0.3) is 0 Å². The third-order valence-corrected chi connectivity index (χ3v) is 12.9. The lowest BCUT2D eigenvalue weighted by molar-refractivity contribution is -0.357. The molecule has 0 unspecified atom stereocenters. The van der Waals surface area contributed by atoms with E-state index in [9.17, 15) is 44.1 Å². The topological polar surface area (TPSA) is 360 Å².